The highest BCUT2D eigenvalue weighted by Crippen LogP contribution is 2.33. The van der Waals surface area contributed by atoms with Gasteiger partial charge in [0.05, 0.1) is 4.92 Å². The molecule has 0 aromatic heterocycles. The Labute approximate surface area is 95.6 Å². The number of benzene rings is 1. The Balaban J connectivity index is 3.02. The number of hydrogen-bond acceptors (Lipinski definition) is 4. The molecule has 0 aliphatic carbocycles. The van der Waals surface area contributed by atoms with E-state index >= 15 is 0 Å². The second-order valence-corrected chi connectivity index (χ2v) is 3.32. The molecule has 86 valence electrons. The summed E-state index contributed by atoms with van der Waals surface area (Å²) in [6.45, 7) is 1.30. The summed E-state index contributed by atoms with van der Waals surface area (Å²) in [6.07, 6.45) is -1.13. The minimum atomic E-state index is -1.18. The third-order valence-corrected chi connectivity index (χ3v) is 2.17. The highest BCUT2D eigenvalue weighted by atomic mass is 35.5. The van der Waals surface area contributed by atoms with Crippen molar-refractivity contribution in [1.29, 1.82) is 0 Å². The molecule has 16 heavy (non-hydrogen) atoms. The van der Waals surface area contributed by atoms with Crippen LogP contribution >= 0.6 is 11.6 Å². The molecule has 0 heterocycles. The van der Waals surface area contributed by atoms with Gasteiger partial charge in [-0.25, -0.2) is 4.79 Å². The normalized spacial score (nSPS) is 11.9. The van der Waals surface area contributed by atoms with E-state index in [1.165, 1.54) is 25.1 Å². The van der Waals surface area contributed by atoms with Crippen molar-refractivity contribution in [2.75, 3.05) is 0 Å². The van der Waals surface area contributed by atoms with E-state index in [2.05, 4.69) is 0 Å². The molecule has 0 bridgehead atoms. The zero-order valence-corrected chi connectivity index (χ0v) is 8.97. The van der Waals surface area contributed by atoms with Crippen LogP contribution in [0.2, 0.25) is 5.02 Å². The summed E-state index contributed by atoms with van der Waals surface area (Å²) in [5.74, 6) is -1.20. The molecule has 0 fully saturated rings. The minimum absolute atomic E-state index is 0.0224. The smallest absolute Gasteiger partial charge is 0.344 e. The van der Waals surface area contributed by atoms with Crippen LogP contribution in [-0.2, 0) is 4.79 Å². The van der Waals surface area contributed by atoms with Gasteiger partial charge in [0.25, 0.3) is 5.69 Å². The Kier molecular flexibility index (Phi) is 3.68. The molecule has 1 N–H and O–H groups in total. The van der Waals surface area contributed by atoms with Crippen molar-refractivity contribution < 1.29 is 19.6 Å². The molecule has 1 atom stereocenters. The summed E-state index contributed by atoms with van der Waals surface area (Å²) in [5.41, 5.74) is -0.322. The summed E-state index contributed by atoms with van der Waals surface area (Å²) >= 11 is 5.69. The van der Waals surface area contributed by atoms with Crippen molar-refractivity contribution in [3.63, 3.8) is 0 Å². The molecule has 6 nitrogen and oxygen atoms in total. The molecule has 7 heteroatoms. The maximum Gasteiger partial charge on any atom is 0.344 e. The van der Waals surface area contributed by atoms with Crippen molar-refractivity contribution in [3.8, 4) is 5.75 Å². The number of nitro groups is 1. The van der Waals surface area contributed by atoms with E-state index in [9.17, 15) is 14.9 Å². The first-order chi connectivity index (χ1) is 7.43. The van der Waals surface area contributed by atoms with E-state index in [-0.39, 0.29) is 16.5 Å². The monoisotopic (exact) mass is 245 g/mol. The van der Waals surface area contributed by atoms with Crippen LogP contribution < -0.4 is 4.74 Å². The number of hydrogen-bond donors (Lipinski definition) is 1. The number of carboxylic acid groups (broad SMARTS) is 1. The summed E-state index contributed by atoms with van der Waals surface area (Å²) in [5, 5.41) is 18.9. The van der Waals surface area contributed by atoms with Crippen LogP contribution in [0.3, 0.4) is 0 Å². The Bertz CT molecular complexity index is 434. The Morgan fingerprint density at radius 3 is 2.75 bits per heavy atom. The van der Waals surface area contributed by atoms with Gasteiger partial charge in [0, 0.05) is 6.07 Å². The number of nitro benzene ring substituents is 1. The highest BCUT2D eigenvalue weighted by Gasteiger charge is 2.20. The van der Waals surface area contributed by atoms with Gasteiger partial charge in [-0.3, -0.25) is 10.1 Å². The van der Waals surface area contributed by atoms with Gasteiger partial charge in [-0.15, -0.1) is 0 Å². The molecule has 0 aliphatic rings. The molecule has 0 unspecified atom stereocenters. The van der Waals surface area contributed by atoms with Crippen molar-refractivity contribution in [2.45, 2.75) is 13.0 Å². The number of halogens is 1. The van der Waals surface area contributed by atoms with E-state index in [1.54, 1.807) is 0 Å². The lowest BCUT2D eigenvalue weighted by Crippen LogP contribution is -2.23. The van der Waals surface area contributed by atoms with Gasteiger partial charge in [-0.2, -0.15) is 0 Å². The number of aliphatic carboxylic acids is 1. The SMILES string of the molecule is C[C@H](Oc1cccc([N+](=O)[O-])c1Cl)C(=O)O. The molecule has 1 aromatic carbocycles. The van der Waals surface area contributed by atoms with E-state index in [0.717, 1.165) is 0 Å². The average Bonchev–Trinajstić information content (AvgIpc) is 2.20. The van der Waals surface area contributed by atoms with Crippen LogP contribution in [-0.4, -0.2) is 22.1 Å². The van der Waals surface area contributed by atoms with Crippen molar-refractivity contribution in [1.82, 2.24) is 0 Å². The predicted molar refractivity (Wildman–Crippen MR) is 55.8 cm³/mol. The molecule has 0 amide bonds. The molecular formula is C9H8ClNO5. The van der Waals surface area contributed by atoms with Gasteiger partial charge in [-0.1, -0.05) is 17.7 Å². The molecule has 0 saturated carbocycles. The van der Waals surface area contributed by atoms with Crippen molar-refractivity contribution >= 4 is 23.3 Å². The van der Waals surface area contributed by atoms with Crippen LogP contribution in [0.4, 0.5) is 5.69 Å². The summed E-state index contributed by atoms with van der Waals surface area (Å²) in [4.78, 5) is 20.4. The number of nitrogens with zero attached hydrogens (tertiary/aromatic N) is 1. The molecular weight excluding hydrogens is 238 g/mol. The Hall–Kier alpha value is -1.82. The fourth-order valence-corrected chi connectivity index (χ4v) is 1.21. The number of rotatable bonds is 4. The van der Waals surface area contributed by atoms with E-state index in [0.29, 0.717) is 0 Å². The largest absolute Gasteiger partial charge is 0.479 e. The molecule has 0 aliphatic heterocycles. The van der Waals surface area contributed by atoms with Crippen molar-refractivity contribution in [2.24, 2.45) is 0 Å². The zero-order valence-electron chi connectivity index (χ0n) is 8.21. The lowest BCUT2D eigenvalue weighted by atomic mass is 10.3. The van der Waals surface area contributed by atoms with Gasteiger partial charge < -0.3 is 9.84 Å². The zero-order chi connectivity index (χ0) is 12.3. The summed E-state index contributed by atoms with van der Waals surface area (Å²) in [7, 11) is 0. The Morgan fingerprint density at radius 2 is 2.25 bits per heavy atom. The molecule has 0 saturated heterocycles. The summed E-state index contributed by atoms with van der Waals surface area (Å²) in [6, 6.07) is 3.95. The van der Waals surface area contributed by atoms with E-state index in [1.807, 2.05) is 0 Å². The van der Waals surface area contributed by atoms with Crippen molar-refractivity contribution in [3.05, 3.63) is 33.3 Å². The maximum absolute atomic E-state index is 10.5. The second-order valence-electron chi connectivity index (χ2n) is 2.94. The van der Waals surface area contributed by atoms with Gasteiger partial charge in [0.15, 0.2) is 11.1 Å². The van der Waals surface area contributed by atoms with Crippen LogP contribution in [0.25, 0.3) is 0 Å². The predicted octanol–water partition coefficient (Wildman–Crippen LogP) is 2.10. The topological polar surface area (TPSA) is 89.7 Å². The summed E-state index contributed by atoms with van der Waals surface area (Å²) < 4.78 is 4.96. The fraction of sp³-hybridized carbons (Fsp3) is 0.222. The van der Waals surface area contributed by atoms with Crippen LogP contribution in [0.1, 0.15) is 6.92 Å². The van der Waals surface area contributed by atoms with Crippen LogP contribution in [0.5, 0.6) is 5.75 Å². The number of ether oxygens (including phenoxy) is 1. The molecule has 0 radical (unpaired) electrons. The van der Waals surface area contributed by atoms with Gasteiger partial charge in [0.1, 0.15) is 5.75 Å². The lowest BCUT2D eigenvalue weighted by Gasteiger charge is -2.11. The average molecular weight is 246 g/mol. The standard InChI is InChI=1S/C9H8ClNO5/c1-5(9(12)13)16-7-4-2-3-6(8(7)10)11(14)15/h2-5H,1H3,(H,12,13)/t5-/m0/s1. The first-order valence-electron chi connectivity index (χ1n) is 4.26. The lowest BCUT2D eigenvalue weighted by molar-refractivity contribution is -0.384. The fourth-order valence-electron chi connectivity index (χ4n) is 0.972. The second kappa shape index (κ2) is 4.80. The quantitative estimate of drug-likeness (QED) is 0.648. The first-order valence-corrected chi connectivity index (χ1v) is 4.63. The third kappa shape index (κ3) is 2.60. The van der Waals surface area contributed by atoms with E-state index < -0.39 is 17.0 Å². The van der Waals surface area contributed by atoms with Crippen LogP contribution in [0, 0.1) is 10.1 Å². The third-order valence-electron chi connectivity index (χ3n) is 1.79. The highest BCUT2D eigenvalue weighted by molar-refractivity contribution is 6.34. The minimum Gasteiger partial charge on any atom is -0.479 e. The first kappa shape index (κ1) is 12.3. The van der Waals surface area contributed by atoms with Gasteiger partial charge in [-0.05, 0) is 13.0 Å². The molecule has 0 spiro atoms. The van der Waals surface area contributed by atoms with E-state index in [4.69, 9.17) is 21.4 Å². The molecule has 1 aromatic rings. The molecule has 1 rings (SSSR count). The maximum atomic E-state index is 10.5. The van der Waals surface area contributed by atoms with Gasteiger partial charge >= 0.3 is 5.97 Å². The van der Waals surface area contributed by atoms with Gasteiger partial charge in [0.2, 0.25) is 0 Å². The van der Waals surface area contributed by atoms with Crippen LogP contribution in [0.15, 0.2) is 18.2 Å². The number of carboxylic acids is 1. The Morgan fingerprint density at radius 1 is 1.62 bits per heavy atom. The number of carbonyl (C=O) groups is 1.